The van der Waals surface area contributed by atoms with Gasteiger partial charge in [-0.2, -0.15) is 0 Å². The third-order valence-corrected chi connectivity index (χ3v) is 8.20. The fraction of sp³-hybridized carbons (Fsp3) is 0.353. The number of carboxylic acids is 2. The molecule has 0 bridgehead atoms. The number of rotatable bonds is 8. The first-order valence-electron chi connectivity index (χ1n) is 16.4. The molecule has 6 N–H and O–H groups in total. The minimum Gasteiger partial charge on any atom is -0.473 e. The SMILES string of the molecule is Cc1ccc(Cn2c(NC3CCNC3)nc3cccnc32)o1.Cc1ccc(Cn2c(NC3CCNC3)nc3cccnc32)o1.O=C(O)C(=O)O. The van der Waals surface area contributed by atoms with Gasteiger partial charge in [0, 0.05) is 37.6 Å². The summed E-state index contributed by atoms with van der Waals surface area (Å²) in [5, 5.41) is 28.6. The van der Waals surface area contributed by atoms with Crippen molar-refractivity contribution in [3.05, 3.63) is 84.0 Å². The minimum absolute atomic E-state index is 0.411. The molecular formula is C34H40N10O6. The molecule has 0 radical (unpaired) electrons. The summed E-state index contributed by atoms with van der Waals surface area (Å²) in [5.74, 6) is 1.73. The van der Waals surface area contributed by atoms with Crippen LogP contribution in [-0.4, -0.2) is 89.5 Å². The summed E-state index contributed by atoms with van der Waals surface area (Å²) >= 11 is 0. The van der Waals surface area contributed by atoms with Crippen LogP contribution in [0.1, 0.15) is 35.9 Å². The second-order valence-corrected chi connectivity index (χ2v) is 12.0. The topological polar surface area (TPSA) is 210 Å². The lowest BCUT2D eigenvalue weighted by Gasteiger charge is -2.13. The van der Waals surface area contributed by atoms with Crippen molar-refractivity contribution in [3.63, 3.8) is 0 Å². The molecule has 6 aromatic heterocycles. The van der Waals surface area contributed by atoms with Crippen molar-refractivity contribution in [2.45, 2.75) is 51.9 Å². The summed E-state index contributed by atoms with van der Waals surface area (Å²) in [7, 11) is 0. The van der Waals surface area contributed by atoms with E-state index in [9.17, 15) is 0 Å². The van der Waals surface area contributed by atoms with Crippen molar-refractivity contribution in [2.75, 3.05) is 36.8 Å². The molecule has 0 aliphatic carbocycles. The van der Waals surface area contributed by atoms with E-state index in [1.54, 1.807) is 12.4 Å². The van der Waals surface area contributed by atoms with E-state index in [1.807, 2.05) is 62.4 Å². The van der Waals surface area contributed by atoms with Gasteiger partial charge in [0.05, 0.1) is 13.1 Å². The molecule has 6 aromatic rings. The van der Waals surface area contributed by atoms with Gasteiger partial charge in [0.2, 0.25) is 11.9 Å². The second-order valence-electron chi connectivity index (χ2n) is 12.0. The number of furan rings is 2. The van der Waals surface area contributed by atoms with Crippen LogP contribution in [0.5, 0.6) is 0 Å². The van der Waals surface area contributed by atoms with E-state index in [1.165, 1.54) is 0 Å². The van der Waals surface area contributed by atoms with Crippen LogP contribution in [0.2, 0.25) is 0 Å². The van der Waals surface area contributed by atoms with E-state index < -0.39 is 11.9 Å². The molecule has 2 saturated heterocycles. The monoisotopic (exact) mass is 684 g/mol. The highest BCUT2D eigenvalue weighted by Crippen LogP contribution is 2.23. The molecule has 2 unspecified atom stereocenters. The highest BCUT2D eigenvalue weighted by Gasteiger charge is 2.21. The number of carboxylic acid groups (broad SMARTS) is 2. The van der Waals surface area contributed by atoms with Crippen LogP contribution >= 0.6 is 0 Å². The summed E-state index contributed by atoms with van der Waals surface area (Å²) in [6.07, 6.45) is 5.82. The number of hydrogen-bond donors (Lipinski definition) is 6. The Kier molecular flexibility index (Phi) is 10.7. The first kappa shape index (κ1) is 34.1. The van der Waals surface area contributed by atoms with Crippen molar-refractivity contribution in [1.29, 1.82) is 0 Å². The number of pyridine rings is 2. The number of aromatic nitrogens is 6. The predicted molar refractivity (Wildman–Crippen MR) is 185 cm³/mol. The van der Waals surface area contributed by atoms with Crippen molar-refractivity contribution in [1.82, 2.24) is 39.7 Å². The standard InChI is InChI=1S/2C16H19N5O.C2H2O4/c2*1-11-4-5-13(22-11)10-21-15-14(3-2-7-18-15)20-16(21)19-12-6-8-17-9-12;3-1(4)2(5)6/h2*2-5,7,12,17H,6,8-10H2,1H3,(H,19,20);(H,3,4)(H,5,6). The van der Waals surface area contributed by atoms with Crippen LogP contribution in [0.25, 0.3) is 22.3 Å². The zero-order valence-electron chi connectivity index (χ0n) is 27.8. The zero-order chi connectivity index (χ0) is 35.0. The highest BCUT2D eigenvalue weighted by atomic mass is 16.4. The molecule has 0 aromatic carbocycles. The van der Waals surface area contributed by atoms with Gasteiger partial charge in [-0.05, 0) is 88.3 Å². The smallest absolute Gasteiger partial charge is 0.414 e. The van der Waals surface area contributed by atoms with Crippen LogP contribution in [0.15, 0.2) is 69.8 Å². The lowest BCUT2D eigenvalue weighted by molar-refractivity contribution is -0.159. The summed E-state index contributed by atoms with van der Waals surface area (Å²) < 4.78 is 15.6. The molecule has 2 aliphatic heterocycles. The Morgan fingerprint density at radius 3 is 1.52 bits per heavy atom. The average molecular weight is 685 g/mol. The Morgan fingerprint density at radius 1 is 0.740 bits per heavy atom. The predicted octanol–water partition coefficient (Wildman–Crippen LogP) is 3.47. The summed E-state index contributed by atoms with van der Waals surface area (Å²) in [6.45, 7) is 9.20. The van der Waals surface area contributed by atoms with Crippen LogP contribution in [0.3, 0.4) is 0 Å². The van der Waals surface area contributed by atoms with Gasteiger partial charge in [-0.3, -0.25) is 9.13 Å². The van der Waals surface area contributed by atoms with E-state index >= 15 is 0 Å². The quantitative estimate of drug-likeness (QED) is 0.127. The number of nitrogens with one attached hydrogen (secondary N) is 4. The summed E-state index contributed by atoms with van der Waals surface area (Å²) in [5.41, 5.74) is 3.56. The molecule has 8 rings (SSSR count). The molecule has 16 nitrogen and oxygen atoms in total. The number of anilines is 2. The van der Waals surface area contributed by atoms with Crippen molar-refractivity contribution < 1.29 is 28.6 Å². The Hall–Kier alpha value is -5.74. The van der Waals surface area contributed by atoms with E-state index in [2.05, 4.69) is 40.4 Å². The lowest BCUT2D eigenvalue weighted by atomic mass is 10.3. The highest BCUT2D eigenvalue weighted by molar-refractivity contribution is 6.27. The number of carbonyl (C=O) groups is 2. The van der Waals surface area contributed by atoms with E-state index in [4.69, 9.17) is 38.6 Å². The van der Waals surface area contributed by atoms with Crippen LogP contribution in [-0.2, 0) is 22.7 Å². The lowest BCUT2D eigenvalue weighted by Crippen LogP contribution is -2.24. The van der Waals surface area contributed by atoms with Gasteiger partial charge in [-0.1, -0.05) is 0 Å². The maximum Gasteiger partial charge on any atom is 0.414 e. The molecule has 262 valence electrons. The molecular weight excluding hydrogens is 644 g/mol. The fourth-order valence-electron chi connectivity index (χ4n) is 5.81. The molecule has 50 heavy (non-hydrogen) atoms. The summed E-state index contributed by atoms with van der Waals surface area (Å²) in [6, 6.07) is 16.6. The first-order chi connectivity index (χ1) is 24.2. The molecule has 2 atom stereocenters. The number of nitrogens with zero attached hydrogens (tertiary/aromatic N) is 6. The molecule has 16 heteroatoms. The van der Waals surface area contributed by atoms with Gasteiger partial charge in [0.15, 0.2) is 11.3 Å². The van der Waals surface area contributed by atoms with Gasteiger partial charge < -0.3 is 40.3 Å². The number of aliphatic carboxylic acids is 2. The molecule has 2 aliphatic rings. The first-order valence-corrected chi connectivity index (χ1v) is 16.4. The van der Waals surface area contributed by atoms with Crippen LogP contribution in [0, 0.1) is 13.8 Å². The van der Waals surface area contributed by atoms with Crippen molar-refractivity contribution >= 4 is 46.2 Å². The number of hydrogen-bond acceptors (Lipinski definition) is 12. The number of imidazole rings is 2. The van der Waals surface area contributed by atoms with Gasteiger partial charge in [0.25, 0.3) is 0 Å². The third kappa shape index (κ3) is 8.45. The van der Waals surface area contributed by atoms with Gasteiger partial charge in [-0.15, -0.1) is 0 Å². The average Bonchev–Trinajstić information content (AvgIpc) is 3.96. The number of aryl methyl sites for hydroxylation is 2. The zero-order valence-corrected chi connectivity index (χ0v) is 27.8. The van der Waals surface area contributed by atoms with E-state index in [0.717, 1.165) is 96.3 Å². The molecule has 0 spiro atoms. The molecule has 8 heterocycles. The largest absolute Gasteiger partial charge is 0.473 e. The normalized spacial score (nSPS) is 16.8. The fourth-order valence-corrected chi connectivity index (χ4v) is 5.81. The minimum atomic E-state index is -1.82. The van der Waals surface area contributed by atoms with Gasteiger partial charge >= 0.3 is 11.9 Å². The second kappa shape index (κ2) is 15.7. The Labute approximate surface area is 286 Å². The maximum absolute atomic E-state index is 9.10. The van der Waals surface area contributed by atoms with E-state index in [-0.39, 0.29) is 0 Å². The molecule has 2 fully saturated rings. The van der Waals surface area contributed by atoms with E-state index in [0.29, 0.717) is 25.2 Å². The van der Waals surface area contributed by atoms with Crippen LogP contribution in [0.4, 0.5) is 11.9 Å². The van der Waals surface area contributed by atoms with Gasteiger partial charge in [0.1, 0.15) is 34.1 Å². The van der Waals surface area contributed by atoms with Gasteiger partial charge in [-0.25, -0.2) is 29.5 Å². The summed E-state index contributed by atoms with van der Waals surface area (Å²) in [4.78, 5) is 36.6. The molecule has 0 saturated carbocycles. The van der Waals surface area contributed by atoms with Crippen molar-refractivity contribution in [2.24, 2.45) is 0 Å². The number of fused-ring (bicyclic) bond motifs is 2. The Morgan fingerprint density at radius 2 is 1.18 bits per heavy atom. The Bertz CT molecular complexity index is 1910. The molecule has 0 amide bonds. The Balaban J connectivity index is 0.000000149. The van der Waals surface area contributed by atoms with Crippen LogP contribution < -0.4 is 21.3 Å². The third-order valence-electron chi connectivity index (χ3n) is 8.20. The van der Waals surface area contributed by atoms with Crippen molar-refractivity contribution in [3.8, 4) is 0 Å². The maximum atomic E-state index is 9.10.